The molecule has 3 rings (SSSR count). The highest BCUT2D eigenvalue weighted by Crippen LogP contribution is 2.30. The van der Waals surface area contributed by atoms with Crippen LogP contribution in [0.4, 0.5) is 0 Å². The SMILES string of the molecule is NC(CN1CCOCC1)c1noc(C2CCCCCC2)n1. The molecule has 1 saturated carbocycles. The smallest absolute Gasteiger partial charge is 0.229 e. The summed E-state index contributed by atoms with van der Waals surface area (Å²) < 4.78 is 10.8. The second kappa shape index (κ2) is 7.33. The first kappa shape index (κ1) is 14.9. The largest absolute Gasteiger partial charge is 0.379 e. The Balaban J connectivity index is 1.57. The molecule has 6 nitrogen and oxygen atoms in total. The van der Waals surface area contributed by atoms with Crippen LogP contribution >= 0.6 is 0 Å². The van der Waals surface area contributed by atoms with Gasteiger partial charge in [0.25, 0.3) is 0 Å². The molecular weight excluding hydrogens is 268 g/mol. The standard InChI is InChI=1S/C15H26N4O2/c16-13(11-19-7-9-20-10-8-19)14-17-15(21-18-14)12-5-3-1-2-4-6-12/h12-13H,1-11,16H2. The number of hydrogen-bond donors (Lipinski definition) is 1. The van der Waals surface area contributed by atoms with Gasteiger partial charge in [-0.15, -0.1) is 0 Å². The van der Waals surface area contributed by atoms with Crippen LogP contribution < -0.4 is 5.73 Å². The fourth-order valence-electron chi connectivity index (χ4n) is 3.23. The molecule has 0 radical (unpaired) electrons. The van der Waals surface area contributed by atoms with E-state index in [4.69, 9.17) is 15.0 Å². The fourth-order valence-corrected chi connectivity index (χ4v) is 3.23. The maximum atomic E-state index is 6.23. The first-order chi connectivity index (χ1) is 10.3. The third kappa shape index (κ3) is 4.02. The van der Waals surface area contributed by atoms with Gasteiger partial charge < -0.3 is 15.0 Å². The number of ether oxygens (including phenoxy) is 1. The highest BCUT2D eigenvalue weighted by Gasteiger charge is 2.24. The first-order valence-corrected chi connectivity index (χ1v) is 8.22. The molecule has 1 aromatic rings. The van der Waals surface area contributed by atoms with Gasteiger partial charge >= 0.3 is 0 Å². The first-order valence-electron chi connectivity index (χ1n) is 8.22. The Morgan fingerprint density at radius 2 is 1.86 bits per heavy atom. The van der Waals surface area contributed by atoms with Gasteiger partial charge in [0.05, 0.1) is 19.3 Å². The van der Waals surface area contributed by atoms with Crippen LogP contribution in [0, 0.1) is 0 Å². The van der Waals surface area contributed by atoms with Gasteiger partial charge in [0.2, 0.25) is 5.89 Å². The van der Waals surface area contributed by atoms with Gasteiger partial charge in [-0.1, -0.05) is 30.8 Å². The van der Waals surface area contributed by atoms with Gasteiger partial charge in [0.15, 0.2) is 5.82 Å². The summed E-state index contributed by atoms with van der Waals surface area (Å²) in [6.45, 7) is 4.20. The lowest BCUT2D eigenvalue weighted by Crippen LogP contribution is -2.40. The zero-order chi connectivity index (χ0) is 14.5. The molecule has 1 atom stereocenters. The summed E-state index contributed by atoms with van der Waals surface area (Å²) in [5.41, 5.74) is 6.23. The Kier molecular flexibility index (Phi) is 5.22. The quantitative estimate of drug-likeness (QED) is 0.854. The number of nitrogens with two attached hydrogens (primary N) is 1. The van der Waals surface area contributed by atoms with Gasteiger partial charge in [-0.05, 0) is 12.8 Å². The predicted molar refractivity (Wildman–Crippen MR) is 78.9 cm³/mol. The van der Waals surface area contributed by atoms with Crippen molar-refractivity contribution in [3.8, 4) is 0 Å². The molecule has 21 heavy (non-hydrogen) atoms. The van der Waals surface area contributed by atoms with E-state index in [0.717, 1.165) is 38.7 Å². The van der Waals surface area contributed by atoms with Crippen molar-refractivity contribution in [2.24, 2.45) is 5.73 Å². The Morgan fingerprint density at radius 3 is 2.57 bits per heavy atom. The van der Waals surface area contributed by atoms with Gasteiger partial charge in [-0.25, -0.2) is 0 Å². The van der Waals surface area contributed by atoms with Crippen LogP contribution in [-0.2, 0) is 4.74 Å². The van der Waals surface area contributed by atoms with E-state index in [1.807, 2.05) is 0 Å². The van der Waals surface area contributed by atoms with E-state index >= 15 is 0 Å². The van der Waals surface area contributed by atoms with E-state index in [9.17, 15) is 0 Å². The van der Waals surface area contributed by atoms with E-state index < -0.39 is 0 Å². The third-order valence-electron chi connectivity index (χ3n) is 4.55. The molecular formula is C15H26N4O2. The van der Waals surface area contributed by atoms with Crippen LogP contribution in [-0.4, -0.2) is 47.9 Å². The van der Waals surface area contributed by atoms with Crippen molar-refractivity contribution in [1.29, 1.82) is 0 Å². The number of nitrogens with zero attached hydrogens (tertiary/aromatic N) is 3. The molecule has 1 aromatic heterocycles. The summed E-state index contributed by atoms with van der Waals surface area (Å²) in [5.74, 6) is 1.88. The number of hydrogen-bond acceptors (Lipinski definition) is 6. The van der Waals surface area contributed by atoms with Crippen molar-refractivity contribution in [1.82, 2.24) is 15.0 Å². The van der Waals surface area contributed by atoms with E-state index in [1.165, 1.54) is 38.5 Å². The zero-order valence-electron chi connectivity index (χ0n) is 12.7. The summed E-state index contributed by atoms with van der Waals surface area (Å²) in [7, 11) is 0. The van der Waals surface area contributed by atoms with Gasteiger partial charge in [0.1, 0.15) is 0 Å². The average molecular weight is 294 g/mol. The second-order valence-corrected chi connectivity index (χ2v) is 6.20. The maximum Gasteiger partial charge on any atom is 0.229 e. The molecule has 0 aromatic carbocycles. The van der Waals surface area contributed by atoms with Crippen LogP contribution in [0.5, 0.6) is 0 Å². The van der Waals surface area contributed by atoms with Gasteiger partial charge in [0, 0.05) is 25.6 Å². The Bertz CT molecular complexity index is 423. The molecule has 0 bridgehead atoms. The molecule has 6 heteroatoms. The van der Waals surface area contributed by atoms with E-state index in [2.05, 4.69) is 15.0 Å². The van der Waals surface area contributed by atoms with Crippen molar-refractivity contribution in [3.05, 3.63) is 11.7 Å². The van der Waals surface area contributed by atoms with Crippen molar-refractivity contribution in [3.63, 3.8) is 0 Å². The minimum absolute atomic E-state index is 0.175. The molecule has 1 saturated heterocycles. The Hall–Kier alpha value is -0.980. The highest BCUT2D eigenvalue weighted by molar-refractivity contribution is 4.99. The lowest BCUT2D eigenvalue weighted by atomic mass is 10.0. The Morgan fingerprint density at radius 1 is 1.14 bits per heavy atom. The number of rotatable bonds is 4. The van der Waals surface area contributed by atoms with E-state index in [1.54, 1.807) is 0 Å². The molecule has 2 heterocycles. The normalized spacial score (nSPS) is 23.9. The third-order valence-corrected chi connectivity index (χ3v) is 4.55. The van der Waals surface area contributed by atoms with E-state index in [0.29, 0.717) is 11.7 Å². The Labute approximate surface area is 126 Å². The number of aromatic nitrogens is 2. The molecule has 0 amide bonds. The summed E-state index contributed by atoms with van der Waals surface area (Å²) in [6, 6.07) is -0.175. The minimum atomic E-state index is -0.175. The highest BCUT2D eigenvalue weighted by atomic mass is 16.5. The lowest BCUT2D eigenvalue weighted by molar-refractivity contribution is 0.0348. The van der Waals surface area contributed by atoms with Crippen molar-refractivity contribution in [2.75, 3.05) is 32.8 Å². The van der Waals surface area contributed by atoms with E-state index in [-0.39, 0.29) is 6.04 Å². The van der Waals surface area contributed by atoms with Crippen LogP contribution in [0.25, 0.3) is 0 Å². The summed E-state index contributed by atoms with van der Waals surface area (Å²) in [5, 5.41) is 4.12. The van der Waals surface area contributed by atoms with Crippen molar-refractivity contribution < 1.29 is 9.26 Å². The predicted octanol–water partition coefficient (Wildman–Crippen LogP) is 1.84. The molecule has 2 fully saturated rings. The zero-order valence-corrected chi connectivity index (χ0v) is 12.7. The average Bonchev–Trinajstić information content (AvgIpc) is 2.85. The van der Waals surface area contributed by atoms with Crippen LogP contribution in [0.1, 0.15) is 62.2 Å². The van der Waals surface area contributed by atoms with Crippen molar-refractivity contribution in [2.45, 2.75) is 50.5 Å². The molecule has 1 aliphatic carbocycles. The summed E-state index contributed by atoms with van der Waals surface area (Å²) >= 11 is 0. The van der Waals surface area contributed by atoms with Crippen LogP contribution in [0.3, 0.4) is 0 Å². The van der Waals surface area contributed by atoms with Gasteiger partial charge in [-0.3, -0.25) is 4.90 Å². The minimum Gasteiger partial charge on any atom is -0.379 e. The monoisotopic (exact) mass is 294 g/mol. The molecule has 0 spiro atoms. The molecule has 2 aliphatic rings. The van der Waals surface area contributed by atoms with Crippen LogP contribution in [0.2, 0.25) is 0 Å². The van der Waals surface area contributed by atoms with Crippen molar-refractivity contribution >= 4 is 0 Å². The topological polar surface area (TPSA) is 77.4 Å². The molecule has 1 aliphatic heterocycles. The molecule has 1 unspecified atom stereocenters. The summed E-state index contributed by atoms with van der Waals surface area (Å²) in [6.07, 6.45) is 7.52. The summed E-state index contributed by atoms with van der Waals surface area (Å²) in [4.78, 5) is 6.88. The second-order valence-electron chi connectivity index (χ2n) is 6.20. The fraction of sp³-hybridized carbons (Fsp3) is 0.867. The maximum absolute atomic E-state index is 6.23. The van der Waals surface area contributed by atoms with Crippen LogP contribution in [0.15, 0.2) is 4.52 Å². The molecule has 2 N–H and O–H groups in total. The lowest BCUT2D eigenvalue weighted by Gasteiger charge is -2.27. The van der Waals surface area contributed by atoms with Gasteiger partial charge in [-0.2, -0.15) is 4.98 Å². The number of morpholine rings is 1. The molecule has 118 valence electrons.